The van der Waals surface area contributed by atoms with Gasteiger partial charge in [0.05, 0.1) is 7.11 Å². The Labute approximate surface area is 162 Å². The number of benzene rings is 2. The van der Waals surface area contributed by atoms with Crippen LogP contribution in [0.3, 0.4) is 0 Å². The Morgan fingerprint density at radius 2 is 1.63 bits per heavy atom. The molecule has 0 heterocycles. The van der Waals surface area contributed by atoms with E-state index in [-0.39, 0.29) is 5.82 Å². The maximum Gasteiger partial charge on any atom is 0.127 e. The zero-order valence-electron chi connectivity index (χ0n) is 16.2. The van der Waals surface area contributed by atoms with Crippen molar-refractivity contribution in [2.24, 2.45) is 17.8 Å². The minimum absolute atomic E-state index is 0.0495. The van der Waals surface area contributed by atoms with Crippen molar-refractivity contribution in [2.75, 3.05) is 7.11 Å². The van der Waals surface area contributed by atoms with Gasteiger partial charge in [0.15, 0.2) is 0 Å². The molecule has 0 aromatic heterocycles. The van der Waals surface area contributed by atoms with Crippen LogP contribution in [0.2, 0.25) is 0 Å². The van der Waals surface area contributed by atoms with Gasteiger partial charge >= 0.3 is 0 Å². The van der Waals surface area contributed by atoms with Gasteiger partial charge in [-0.2, -0.15) is 0 Å². The Balaban J connectivity index is 1.49. The quantitative estimate of drug-likeness (QED) is 0.531. The summed E-state index contributed by atoms with van der Waals surface area (Å²) >= 11 is 0. The van der Waals surface area contributed by atoms with Gasteiger partial charge in [-0.05, 0) is 97.1 Å². The molecule has 142 valence electrons. The van der Waals surface area contributed by atoms with Gasteiger partial charge < -0.3 is 4.74 Å². The van der Waals surface area contributed by atoms with E-state index >= 15 is 0 Å². The highest BCUT2D eigenvalue weighted by molar-refractivity contribution is 5.64. The van der Waals surface area contributed by atoms with Gasteiger partial charge in [-0.25, -0.2) is 4.39 Å². The summed E-state index contributed by atoms with van der Waals surface area (Å²) in [5.74, 6) is 3.42. The van der Waals surface area contributed by atoms with Crippen LogP contribution < -0.4 is 4.74 Å². The van der Waals surface area contributed by atoms with E-state index in [9.17, 15) is 4.39 Å². The highest BCUT2D eigenvalue weighted by Crippen LogP contribution is 2.48. The zero-order valence-corrected chi connectivity index (χ0v) is 16.2. The topological polar surface area (TPSA) is 9.23 Å². The minimum Gasteiger partial charge on any atom is -0.497 e. The van der Waals surface area contributed by atoms with Crippen molar-refractivity contribution < 1.29 is 9.13 Å². The Morgan fingerprint density at radius 3 is 2.33 bits per heavy atom. The predicted octanol–water partition coefficient (Wildman–Crippen LogP) is 6.99. The highest BCUT2D eigenvalue weighted by Gasteiger charge is 2.35. The van der Waals surface area contributed by atoms with Crippen LogP contribution in [-0.4, -0.2) is 7.11 Å². The Bertz CT molecular complexity index is 794. The Hall–Kier alpha value is -2.09. The molecule has 27 heavy (non-hydrogen) atoms. The van der Waals surface area contributed by atoms with Crippen LogP contribution in [-0.2, 0) is 0 Å². The molecule has 2 fully saturated rings. The van der Waals surface area contributed by atoms with Crippen molar-refractivity contribution in [3.05, 3.63) is 66.5 Å². The second-order valence-electron chi connectivity index (χ2n) is 8.30. The van der Waals surface area contributed by atoms with Gasteiger partial charge in [0, 0.05) is 0 Å². The molecule has 0 radical (unpaired) electrons. The van der Waals surface area contributed by atoms with Crippen molar-refractivity contribution in [1.29, 1.82) is 0 Å². The standard InChI is InChI=1S/C25H29FO/c1-3-17-4-5-20-15-22(7-6-19(20)14-17)24-13-10-21(16-25(24)26)18-8-11-23(27-2)12-9-18/h3,8-13,16-17,19-20,22H,1,4-7,14-15H2,2H3. The number of ether oxygens (including phenoxy) is 1. The number of hydrogen-bond acceptors (Lipinski definition) is 1. The fourth-order valence-corrected chi connectivity index (χ4v) is 5.24. The molecular weight excluding hydrogens is 335 g/mol. The van der Waals surface area contributed by atoms with Crippen LogP contribution in [0.15, 0.2) is 55.1 Å². The summed E-state index contributed by atoms with van der Waals surface area (Å²) in [7, 11) is 1.65. The number of hydrogen-bond donors (Lipinski definition) is 0. The molecule has 0 aliphatic heterocycles. The molecule has 0 spiro atoms. The summed E-state index contributed by atoms with van der Waals surface area (Å²) in [5.41, 5.74) is 2.86. The number of fused-ring (bicyclic) bond motifs is 1. The maximum atomic E-state index is 15.0. The summed E-state index contributed by atoms with van der Waals surface area (Å²) in [5, 5.41) is 0. The van der Waals surface area contributed by atoms with Crippen molar-refractivity contribution in [3.8, 4) is 16.9 Å². The molecule has 2 aromatic carbocycles. The normalized spacial score (nSPS) is 27.6. The monoisotopic (exact) mass is 364 g/mol. The molecule has 2 heteroatoms. The third-order valence-electron chi connectivity index (χ3n) is 6.85. The van der Waals surface area contributed by atoms with E-state index in [4.69, 9.17) is 4.74 Å². The molecule has 2 aliphatic rings. The maximum absolute atomic E-state index is 15.0. The predicted molar refractivity (Wildman–Crippen MR) is 109 cm³/mol. The van der Waals surface area contributed by atoms with Crippen LogP contribution in [0.25, 0.3) is 11.1 Å². The van der Waals surface area contributed by atoms with Gasteiger partial charge in [-0.15, -0.1) is 6.58 Å². The van der Waals surface area contributed by atoms with E-state index in [0.29, 0.717) is 11.8 Å². The Kier molecular flexibility index (Phi) is 5.33. The summed E-state index contributed by atoms with van der Waals surface area (Å²) in [4.78, 5) is 0. The van der Waals surface area contributed by atoms with Gasteiger partial charge in [-0.1, -0.05) is 30.3 Å². The second kappa shape index (κ2) is 7.88. The summed E-state index contributed by atoms with van der Waals surface area (Å²) in [6.07, 6.45) is 9.47. The van der Waals surface area contributed by atoms with Gasteiger partial charge in [-0.3, -0.25) is 0 Å². The lowest BCUT2D eigenvalue weighted by atomic mass is 9.64. The van der Waals surface area contributed by atoms with E-state index in [1.54, 1.807) is 13.2 Å². The molecule has 2 saturated carbocycles. The second-order valence-corrected chi connectivity index (χ2v) is 8.30. The van der Waals surface area contributed by atoms with Crippen molar-refractivity contribution >= 4 is 0 Å². The van der Waals surface area contributed by atoms with Crippen LogP contribution in [0, 0.1) is 23.6 Å². The molecule has 0 N–H and O–H groups in total. The van der Waals surface area contributed by atoms with Crippen LogP contribution in [0.4, 0.5) is 4.39 Å². The van der Waals surface area contributed by atoms with Gasteiger partial charge in [0.1, 0.15) is 11.6 Å². The molecule has 4 atom stereocenters. The first-order chi connectivity index (χ1) is 13.2. The van der Waals surface area contributed by atoms with Crippen LogP contribution in [0.1, 0.15) is 50.0 Å². The van der Waals surface area contributed by atoms with Crippen molar-refractivity contribution in [3.63, 3.8) is 0 Å². The number of halogens is 1. The zero-order chi connectivity index (χ0) is 18.8. The number of allylic oxidation sites excluding steroid dienone is 1. The fourth-order valence-electron chi connectivity index (χ4n) is 5.24. The molecule has 0 saturated heterocycles. The van der Waals surface area contributed by atoms with Gasteiger partial charge in [0.25, 0.3) is 0 Å². The van der Waals surface area contributed by atoms with E-state index < -0.39 is 0 Å². The first-order valence-corrected chi connectivity index (χ1v) is 10.2. The van der Waals surface area contributed by atoms with Crippen molar-refractivity contribution in [1.82, 2.24) is 0 Å². The van der Waals surface area contributed by atoms with Crippen LogP contribution >= 0.6 is 0 Å². The van der Waals surface area contributed by atoms with E-state index in [2.05, 4.69) is 18.7 Å². The largest absolute Gasteiger partial charge is 0.497 e. The lowest BCUT2D eigenvalue weighted by Gasteiger charge is -2.41. The van der Waals surface area contributed by atoms with Crippen LogP contribution in [0.5, 0.6) is 5.75 Å². The number of methoxy groups -OCH3 is 1. The van der Waals surface area contributed by atoms with E-state index in [1.165, 1.54) is 25.7 Å². The molecule has 1 nitrogen and oxygen atoms in total. The van der Waals surface area contributed by atoms with Crippen molar-refractivity contribution in [2.45, 2.75) is 44.4 Å². The molecule has 4 unspecified atom stereocenters. The Morgan fingerprint density at radius 1 is 0.926 bits per heavy atom. The smallest absolute Gasteiger partial charge is 0.127 e. The van der Waals surface area contributed by atoms with Gasteiger partial charge in [0.2, 0.25) is 0 Å². The highest BCUT2D eigenvalue weighted by atomic mass is 19.1. The van der Waals surface area contributed by atoms with E-state index in [0.717, 1.165) is 47.1 Å². The third-order valence-corrected chi connectivity index (χ3v) is 6.85. The molecular formula is C25H29FO. The first kappa shape index (κ1) is 18.3. The average molecular weight is 365 g/mol. The number of rotatable bonds is 4. The fraction of sp³-hybridized carbons (Fsp3) is 0.440. The summed E-state index contributed by atoms with van der Waals surface area (Å²) in [6, 6.07) is 13.6. The lowest BCUT2D eigenvalue weighted by molar-refractivity contribution is 0.132. The first-order valence-electron chi connectivity index (χ1n) is 10.2. The molecule has 2 aromatic rings. The average Bonchev–Trinajstić information content (AvgIpc) is 2.73. The SMILES string of the molecule is C=CC1CCC2CC(c3ccc(-c4ccc(OC)cc4)cc3F)CCC2C1. The van der Waals surface area contributed by atoms with E-state index in [1.807, 2.05) is 30.3 Å². The molecule has 0 bridgehead atoms. The third kappa shape index (κ3) is 3.81. The summed E-state index contributed by atoms with van der Waals surface area (Å²) in [6.45, 7) is 3.98. The lowest BCUT2D eigenvalue weighted by Crippen LogP contribution is -2.30. The molecule has 2 aliphatic carbocycles. The molecule has 0 amide bonds. The molecule has 4 rings (SSSR count). The summed E-state index contributed by atoms with van der Waals surface area (Å²) < 4.78 is 20.2. The minimum atomic E-state index is -0.0495.